The Morgan fingerprint density at radius 2 is 2.25 bits per heavy atom. The molecular formula is C13H23N3. The number of nitrogens with one attached hydrogen (secondary N) is 1. The van der Waals surface area contributed by atoms with E-state index in [0.717, 1.165) is 26.2 Å². The van der Waals surface area contributed by atoms with Crippen LogP contribution in [0.1, 0.15) is 25.3 Å². The Morgan fingerprint density at radius 3 is 2.94 bits per heavy atom. The fraction of sp³-hybridized carbons (Fsp3) is 0.615. The molecule has 0 amide bonds. The van der Waals surface area contributed by atoms with E-state index in [0.29, 0.717) is 0 Å². The first-order valence-electron chi connectivity index (χ1n) is 6.11. The summed E-state index contributed by atoms with van der Waals surface area (Å²) in [4.78, 5) is 6.47. The Balaban J connectivity index is 2.09. The average molecular weight is 221 g/mol. The van der Waals surface area contributed by atoms with E-state index in [1.165, 1.54) is 18.4 Å². The number of pyridine rings is 1. The first-order valence-corrected chi connectivity index (χ1v) is 6.11. The van der Waals surface area contributed by atoms with Crippen molar-refractivity contribution in [1.82, 2.24) is 15.2 Å². The van der Waals surface area contributed by atoms with Gasteiger partial charge in [-0.3, -0.25) is 4.98 Å². The monoisotopic (exact) mass is 221 g/mol. The van der Waals surface area contributed by atoms with Crippen LogP contribution >= 0.6 is 0 Å². The summed E-state index contributed by atoms with van der Waals surface area (Å²) >= 11 is 0. The van der Waals surface area contributed by atoms with Crippen LogP contribution in [0.2, 0.25) is 0 Å². The molecule has 0 aliphatic rings. The van der Waals surface area contributed by atoms with Gasteiger partial charge in [-0.25, -0.2) is 0 Å². The molecule has 3 heteroatoms. The fourth-order valence-corrected chi connectivity index (χ4v) is 1.69. The molecule has 1 aromatic rings. The normalized spacial score (nSPS) is 10.9. The summed E-state index contributed by atoms with van der Waals surface area (Å²) in [5.74, 6) is 0. The molecule has 0 saturated heterocycles. The van der Waals surface area contributed by atoms with Crippen molar-refractivity contribution < 1.29 is 0 Å². The second-order valence-electron chi connectivity index (χ2n) is 4.16. The number of aromatic nitrogens is 1. The van der Waals surface area contributed by atoms with E-state index in [1.807, 2.05) is 18.5 Å². The molecule has 0 aliphatic heterocycles. The Labute approximate surface area is 98.9 Å². The predicted molar refractivity (Wildman–Crippen MR) is 68.3 cm³/mol. The zero-order valence-corrected chi connectivity index (χ0v) is 10.4. The summed E-state index contributed by atoms with van der Waals surface area (Å²) < 4.78 is 0. The fourth-order valence-electron chi connectivity index (χ4n) is 1.69. The van der Waals surface area contributed by atoms with Crippen LogP contribution in [0.15, 0.2) is 24.5 Å². The highest BCUT2D eigenvalue weighted by atomic mass is 15.1. The summed E-state index contributed by atoms with van der Waals surface area (Å²) in [5, 5.41) is 3.34. The van der Waals surface area contributed by atoms with Crippen LogP contribution in [0.4, 0.5) is 0 Å². The van der Waals surface area contributed by atoms with E-state index in [4.69, 9.17) is 0 Å². The smallest absolute Gasteiger partial charge is 0.0312 e. The molecule has 0 radical (unpaired) electrons. The zero-order chi connectivity index (χ0) is 11.6. The van der Waals surface area contributed by atoms with Gasteiger partial charge in [-0.2, -0.15) is 0 Å². The van der Waals surface area contributed by atoms with Gasteiger partial charge in [-0.1, -0.05) is 13.0 Å². The van der Waals surface area contributed by atoms with Gasteiger partial charge in [-0.15, -0.1) is 0 Å². The summed E-state index contributed by atoms with van der Waals surface area (Å²) in [6.45, 7) is 6.51. The Bertz CT molecular complexity index is 261. The lowest BCUT2D eigenvalue weighted by molar-refractivity contribution is 0.317. The van der Waals surface area contributed by atoms with Crippen LogP contribution in [0.25, 0.3) is 0 Å². The predicted octanol–water partition coefficient (Wildman–Crippen LogP) is 1.90. The lowest BCUT2D eigenvalue weighted by Gasteiger charge is -2.16. The zero-order valence-electron chi connectivity index (χ0n) is 10.4. The third kappa shape index (κ3) is 5.83. The number of rotatable bonds is 8. The lowest BCUT2D eigenvalue weighted by atomic mass is 10.2. The van der Waals surface area contributed by atoms with Crippen LogP contribution in [0.5, 0.6) is 0 Å². The van der Waals surface area contributed by atoms with Gasteiger partial charge in [0, 0.05) is 18.9 Å². The average Bonchev–Trinajstić information content (AvgIpc) is 2.30. The summed E-state index contributed by atoms with van der Waals surface area (Å²) in [6, 6.07) is 4.12. The molecule has 16 heavy (non-hydrogen) atoms. The highest BCUT2D eigenvalue weighted by Gasteiger charge is 1.99. The van der Waals surface area contributed by atoms with Gasteiger partial charge >= 0.3 is 0 Å². The van der Waals surface area contributed by atoms with E-state index in [1.54, 1.807) is 0 Å². The van der Waals surface area contributed by atoms with E-state index in [-0.39, 0.29) is 0 Å². The first kappa shape index (κ1) is 13.1. The van der Waals surface area contributed by atoms with Crippen molar-refractivity contribution in [3.8, 4) is 0 Å². The highest BCUT2D eigenvalue weighted by Crippen LogP contribution is 2.01. The minimum absolute atomic E-state index is 0.995. The van der Waals surface area contributed by atoms with E-state index >= 15 is 0 Å². The van der Waals surface area contributed by atoms with Gasteiger partial charge in [-0.05, 0) is 51.2 Å². The van der Waals surface area contributed by atoms with Crippen molar-refractivity contribution in [3.63, 3.8) is 0 Å². The molecule has 0 bridgehead atoms. The quantitative estimate of drug-likeness (QED) is 0.680. The summed E-state index contributed by atoms with van der Waals surface area (Å²) in [6.07, 6.45) is 6.27. The second-order valence-corrected chi connectivity index (χ2v) is 4.16. The van der Waals surface area contributed by atoms with E-state index in [9.17, 15) is 0 Å². The third-order valence-corrected chi connectivity index (χ3v) is 2.57. The van der Waals surface area contributed by atoms with Gasteiger partial charge in [0.05, 0.1) is 0 Å². The van der Waals surface area contributed by atoms with Gasteiger partial charge in [0.15, 0.2) is 0 Å². The maximum absolute atomic E-state index is 4.12. The van der Waals surface area contributed by atoms with Crippen molar-refractivity contribution >= 4 is 0 Å². The van der Waals surface area contributed by atoms with Crippen LogP contribution < -0.4 is 5.32 Å². The van der Waals surface area contributed by atoms with E-state index < -0.39 is 0 Å². The third-order valence-electron chi connectivity index (χ3n) is 2.57. The van der Waals surface area contributed by atoms with Crippen molar-refractivity contribution in [1.29, 1.82) is 0 Å². The number of nitrogens with zero attached hydrogens (tertiary/aromatic N) is 2. The number of hydrogen-bond donors (Lipinski definition) is 1. The van der Waals surface area contributed by atoms with Crippen molar-refractivity contribution in [3.05, 3.63) is 30.1 Å². The maximum Gasteiger partial charge on any atom is 0.0312 e. The van der Waals surface area contributed by atoms with Crippen LogP contribution in [-0.2, 0) is 6.54 Å². The molecule has 0 aromatic carbocycles. The van der Waals surface area contributed by atoms with Gasteiger partial charge in [0.1, 0.15) is 0 Å². The molecular weight excluding hydrogens is 198 g/mol. The molecule has 0 fully saturated rings. The second kappa shape index (κ2) is 8.25. The van der Waals surface area contributed by atoms with Gasteiger partial charge in [0.2, 0.25) is 0 Å². The van der Waals surface area contributed by atoms with Crippen molar-refractivity contribution in [2.24, 2.45) is 0 Å². The van der Waals surface area contributed by atoms with Gasteiger partial charge in [0.25, 0.3) is 0 Å². The van der Waals surface area contributed by atoms with E-state index in [2.05, 4.69) is 35.2 Å². The minimum Gasteiger partial charge on any atom is -0.317 e. The maximum atomic E-state index is 4.12. The Kier molecular flexibility index (Phi) is 6.77. The topological polar surface area (TPSA) is 28.2 Å². The molecule has 0 aliphatic carbocycles. The molecule has 1 N–H and O–H groups in total. The Hall–Kier alpha value is -0.930. The number of hydrogen-bond acceptors (Lipinski definition) is 3. The van der Waals surface area contributed by atoms with Crippen LogP contribution in [0, 0.1) is 0 Å². The molecule has 1 rings (SSSR count). The Morgan fingerprint density at radius 1 is 1.38 bits per heavy atom. The summed E-state index contributed by atoms with van der Waals surface area (Å²) in [5.41, 5.74) is 1.29. The molecule has 0 unspecified atom stereocenters. The van der Waals surface area contributed by atoms with Gasteiger partial charge < -0.3 is 10.2 Å². The van der Waals surface area contributed by atoms with Crippen LogP contribution in [0.3, 0.4) is 0 Å². The molecule has 0 saturated carbocycles. The summed E-state index contributed by atoms with van der Waals surface area (Å²) in [7, 11) is 2.17. The standard InChI is InChI=1S/C13H23N3/c1-3-14-8-4-5-10-16(2)12-13-7-6-9-15-11-13/h6-7,9,11,14H,3-5,8,10,12H2,1-2H3. The molecule has 90 valence electrons. The molecule has 1 heterocycles. The van der Waals surface area contributed by atoms with Crippen LogP contribution in [-0.4, -0.2) is 36.6 Å². The SMILES string of the molecule is CCNCCCCN(C)Cc1cccnc1. The minimum atomic E-state index is 0.995. The highest BCUT2D eigenvalue weighted by molar-refractivity contribution is 5.07. The largest absolute Gasteiger partial charge is 0.317 e. The molecule has 0 atom stereocenters. The number of unbranched alkanes of at least 4 members (excludes halogenated alkanes) is 1. The lowest BCUT2D eigenvalue weighted by Crippen LogP contribution is -2.21. The van der Waals surface area contributed by atoms with Crippen molar-refractivity contribution in [2.75, 3.05) is 26.7 Å². The van der Waals surface area contributed by atoms with Crippen molar-refractivity contribution in [2.45, 2.75) is 26.3 Å². The molecule has 1 aromatic heterocycles. The molecule has 3 nitrogen and oxygen atoms in total. The molecule has 0 spiro atoms. The first-order chi connectivity index (χ1) is 7.83.